The number of rotatable bonds is 3. The van der Waals surface area contributed by atoms with E-state index in [1.54, 1.807) is 48.6 Å². The number of carbonyl (C=O) groups excluding carboxylic acids is 1. The molecule has 1 aliphatic heterocycles. The van der Waals surface area contributed by atoms with Crippen molar-refractivity contribution in [1.82, 2.24) is 18.8 Å². The van der Waals surface area contributed by atoms with E-state index in [0.717, 1.165) is 15.9 Å². The summed E-state index contributed by atoms with van der Waals surface area (Å²) in [6, 6.07) is 13.6. The van der Waals surface area contributed by atoms with Crippen LogP contribution >= 0.6 is 11.5 Å². The van der Waals surface area contributed by atoms with E-state index >= 15 is 0 Å². The number of benzene rings is 1. The molecule has 31 heavy (non-hydrogen) atoms. The second kappa shape index (κ2) is 7.96. The van der Waals surface area contributed by atoms with Crippen molar-refractivity contribution in [3.63, 3.8) is 0 Å². The molecule has 1 amide bonds. The Morgan fingerprint density at radius 3 is 2.61 bits per heavy atom. The summed E-state index contributed by atoms with van der Waals surface area (Å²) in [5.74, 6) is 0.756. The van der Waals surface area contributed by atoms with Crippen molar-refractivity contribution in [3.8, 4) is 5.69 Å². The molecule has 4 heterocycles. The van der Waals surface area contributed by atoms with Crippen LogP contribution in [0.3, 0.4) is 0 Å². The number of fused-ring (bicyclic) bond motifs is 1. The SMILES string of the molecule is Cc1ccn(-c2cccnc2)c(=O)c1C(=O)N1CCN(c2nsc3ccccc23)CC1. The average molecular weight is 432 g/mol. The number of amides is 1. The average Bonchev–Trinajstić information content (AvgIpc) is 3.24. The highest BCUT2D eigenvalue weighted by Crippen LogP contribution is 2.30. The summed E-state index contributed by atoms with van der Waals surface area (Å²) < 4.78 is 7.26. The van der Waals surface area contributed by atoms with Crippen LogP contribution in [0.5, 0.6) is 0 Å². The van der Waals surface area contributed by atoms with Gasteiger partial charge in [-0.05, 0) is 54.4 Å². The highest BCUT2D eigenvalue weighted by molar-refractivity contribution is 7.13. The number of carbonyl (C=O) groups is 1. The monoisotopic (exact) mass is 431 g/mol. The van der Waals surface area contributed by atoms with Crippen molar-refractivity contribution >= 4 is 33.3 Å². The van der Waals surface area contributed by atoms with Gasteiger partial charge in [-0.1, -0.05) is 12.1 Å². The van der Waals surface area contributed by atoms with Gasteiger partial charge in [-0.3, -0.25) is 19.1 Å². The van der Waals surface area contributed by atoms with Gasteiger partial charge in [0.2, 0.25) is 0 Å². The minimum Gasteiger partial charge on any atom is -0.352 e. The first-order valence-corrected chi connectivity index (χ1v) is 10.9. The van der Waals surface area contributed by atoms with Gasteiger partial charge in [-0.25, -0.2) is 0 Å². The van der Waals surface area contributed by atoms with Gasteiger partial charge in [0.25, 0.3) is 11.5 Å². The van der Waals surface area contributed by atoms with Crippen molar-refractivity contribution in [2.45, 2.75) is 6.92 Å². The Labute approximate surface area is 183 Å². The number of pyridine rings is 2. The molecule has 0 aliphatic carbocycles. The number of nitrogens with zero attached hydrogens (tertiary/aromatic N) is 5. The van der Waals surface area contributed by atoms with Crippen LogP contribution in [0.2, 0.25) is 0 Å². The summed E-state index contributed by atoms with van der Waals surface area (Å²) >= 11 is 1.49. The van der Waals surface area contributed by atoms with E-state index in [1.165, 1.54) is 16.1 Å². The Kier molecular flexibility index (Phi) is 4.99. The molecule has 8 heteroatoms. The quantitative estimate of drug-likeness (QED) is 0.498. The summed E-state index contributed by atoms with van der Waals surface area (Å²) in [5.41, 5.74) is 1.23. The van der Waals surface area contributed by atoms with Crippen LogP contribution in [0.1, 0.15) is 15.9 Å². The molecule has 0 spiro atoms. The fourth-order valence-corrected chi connectivity index (χ4v) is 4.76. The smallest absolute Gasteiger partial charge is 0.268 e. The van der Waals surface area contributed by atoms with Crippen molar-refractivity contribution in [1.29, 1.82) is 0 Å². The lowest BCUT2D eigenvalue weighted by Crippen LogP contribution is -2.50. The molecule has 0 unspecified atom stereocenters. The molecule has 0 N–H and O–H groups in total. The lowest BCUT2D eigenvalue weighted by molar-refractivity contribution is 0.0743. The molecule has 1 aliphatic rings. The zero-order valence-electron chi connectivity index (χ0n) is 17.1. The van der Waals surface area contributed by atoms with Gasteiger partial charge in [-0.2, -0.15) is 4.37 Å². The fraction of sp³-hybridized carbons (Fsp3) is 0.217. The third kappa shape index (κ3) is 3.48. The van der Waals surface area contributed by atoms with Gasteiger partial charge in [0.1, 0.15) is 11.4 Å². The van der Waals surface area contributed by atoms with Crippen molar-refractivity contribution in [3.05, 3.63) is 82.5 Å². The maximum Gasteiger partial charge on any atom is 0.268 e. The van der Waals surface area contributed by atoms with Crippen molar-refractivity contribution in [2.75, 3.05) is 31.1 Å². The summed E-state index contributed by atoms with van der Waals surface area (Å²) in [4.78, 5) is 34.5. The second-order valence-corrected chi connectivity index (χ2v) is 8.35. The molecule has 0 radical (unpaired) electrons. The number of aryl methyl sites for hydroxylation is 1. The standard InChI is InChI=1S/C23H21N5O2S/c1-16-8-10-28(17-5-4-9-24-15-17)23(30)20(16)22(29)27-13-11-26(12-14-27)21-18-6-2-3-7-19(18)31-25-21/h2-10,15H,11-14H2,1H3. The Morgan fingerprint density at radius 2 is 1.84 bits per heavy atom. The molecule has 4 aromatic rings. The van der Waals surface area contributed by atoms with E-state index in [2.05, 4.69) is 26.4 Å². The Bertz CT molecular complexity index is 1310. The minimum absolute atomic E-state index is 0.219. The third-order valence-corrected chi connectivity index (χ3v) is 6.48. The summed E-state index contributed by atoms with van der Waals surface area (Å²) in [6.45, 7) is 4.26. The van der Waals surface area contributed by atoms with Crippen LogP contribution in [0.4, 0.5) is 5.82 Å². The van der Waals surface area contributed by atoms with Gasteiger partial charge in [0, 0.05) is 44.0 Å². The van der Waals surface area contributed by atoms with Crippen LogP contribution in [-0.2, 0) is 0 Å². The number of hydrogen-bond acceptors (Lipinski definition) is 6. The largest absolute Gasteiger partial charge is 0.352 e. The van der Waals surface area contributed by atoms with E-state index in [4.69, 9.17) is 0 Å². The number of aromatic nitrogens is 3. The molecular formula is C23H21N5O2S. The highest BCUT2D eigenvalue weighted by Gasteiger charge is 2.27. The lowest BCUT2D eigenvalue weighted by atomic mass is 10.1. The van der Waals surface area contributed by atoms with Gasteiger partial charge in [0.05, 0.1) is 16.6 Å². The molecule has 5 rings (SSSR count). The second-order valence-electron chi connectivity index (χ2n) is 7.54. The predicted octanol–water partition coefficient (Wildman–Crippen LogP) is 3.11. The maximum atomic E-state index is 13.3. The van der Waals surface area contributed by atoms with Crippen molar-refractivity contribution < 1.29 is 4.79 Å². The van der Waals surface area contributed by atoms with E-state index in [1.807, 2.05) is 12.1 Å². The number of anilines is 1. The van der Waals surface area contributed by atoms with Crippen molar-refractivity contribution in [2.24, 2.45) is 0 Å². The summed E-state index contributed by atoms with van der Waals surface area (Å²) in [5, 5.41) is 1.14. The first-order chi connectivity index (χ1) is 15.1. The molecule has 0 atom stereocenters. The Morgan fingerprint density at radius 1 is 1.03 bits per heavy atom. The third-order valence-electron chi connectivity index (χ3n) is 5.66. The van der Waals surface area contributed by atoms with Crippen LogP contribution in [0, 0.1) is 6.92 Å². The normalized spacial score (nSPS) is 14.2. The molecule has 0 saturated carbocycles. The molecule has 0 bridgehead atoms. The van der Waals surface area contributed by atoms with Crippen LogP contribution in [0.15, 0.2) is 65.8 Å². The molecule has 7 nitrogen and oxygen atoms in total. The number of piperazine rings is 1. The van der Waals surface area contributed by atoms with Gasteiger partial charge in [0.15, 0.2) is 0 Å². The topological polar surface area (TPSA) is 71.3 Å². The maximum absolute atomic E-state index is 13.3. The van der Waals surface area contributed by atoms with Crippen LogP contribution in [-0.4, -0.2) is 50.9 Å². The predicted molar refractivity (Wildman–Crippen MR) is 122 cm³/mol. The minimum atomic E-state index is -0.314. The highest BCUT2D eigenvalue weighted by atomic mass is 32.1. The number of hydrogen-bond donors (Lipinski definition) is 0. The fourth-order valence-electron chi connectivity index (χ4n) is 3.97. The van der Waals surface area contributed by atoms with Crippen LogP contribution < -0.4 is 10.5 Å². The zero-order valence-corrected chi connectivity index (χ0v) is 17.9. The van der Waals surface area contributed by atoms with E-state index < -0.39 is 0 Å². The Hall–Kier alpha value is -3.52. The molecular weight excluding hydrogens is 410 g/mol. The van der Waals surface area contributed by atoms with E-state index in [-0.39, 0.29) is 17.0 Å². The molecule has 3 aromatic heterocycles. The van der Waals surface area contributed by atoms with E-state index in [0.29, 0.717) is 37.4 Å². The molecule has 1 fully saturated rings. The summed E-state index contributed by atoms with van der Waals surface area (Å²) in [7, 11) is 0. The lowest BCUT2D eigenvalue weighted by Gasteiger charge is -2.35. The van der Waals surface area contributed by atoms with Crippen LogP contribution in [0.25, 0.3) is 15.8 Å². The summed E-state index contributed by atoms with van der Waals surface area (Å²) in [6.07, 6.45) is 4.96. The molecule has 156 valence electrons. The first-order valence-electron chi connectivity index (χ1n) is 10.1. The van der Waals surface area contributed by atoms with Gasteiger partial charge < -0.3 is 9.80 Å². The zero-order chi connectivity index (χ0) is 21.4. The van der Waals surface area contributed by atoms with Gasteiger partial charge >= 0.3 is 0 Å². The van der Waals surface area contributed by atoms with E-state index in [9.17, 15) is 9.59 Å². The van der Waals surface area contributed by atoms with Gasteiger partial charge in [-0.15, -0.1) is 0 Å². The first kappa shape index (κ1) is 19.4. The Balaban J connectivity index is 1.38. The molecule has 1 aromatic carbocycles. The molecule has 1 saturated heterocycles.